The fourth-order valence-corrected chi connectivity index (χ4v) is 2.89. The van der Waals surface area contributed by atoms with Gasteiger partial charge in [-0.15, -0.1) is 0 Å². The minimum atomic E-state index is -0.234. The summed E-state index contributed by atoms with van der Waals surface area (Å²) in [6, 6.07) is 13.3. The zero-order valence-electron chi connectivity index (χ0n) is 15.2. The van der Waals surface area contributed by atoms with E-state index in [0.717, 1.165) is 16.9 Å². The van der Waals surface area contributed by atoms with Gasteiger partial charge in [0, 0.05) is 18.0 Å². The topological polar surface area (TPSA) is 98.7 Å². The quantitative estimate of drug-likeness (QED) is 0.557. The van der Waals surface area contributed by atoms with Crippen molar-refractivity contribution in [3.63, 3.8) is 0 Å². The van der Waals surface area contributed by atoms with Crippen LogP contribution >= 0.6 is 0 Å². The molecule has 3 aromatic heterocycles. The van der Waals surface area contributed by atoms with E-state index in [1.54, 1.807) is 35.4 Å². The average molecular weight is 374 g/mol. The first kappa shape index (κ1) is 17.6. The van der Waals surface area contributed by atoms with Gasteiger partial charge in [0.2, 0.25) is 11.7 Å². The lowest BCUT2D eigenvalue weighted by Gasteiger charge is -2.07. The lowest BCUT2D eigenvalue weighted by molar-refractivity contribution is 0.0945. The zero-order chi connectivity index (χ0) is 19.3. The fourth-order valence-electron chi connectivity index (χ4n) is 2.89. The Bertz CT molecular complexity index is 1070. The van der Waals surface area contributed by atoms with Gasteiger partial charge < -0.3 is 9.84 Å². The molecular formula is C20H18N6O2. The van der Waals surface area contributed by atoms with Gasteiger partial charge in [0.25, 0.3) is 5.91 Å². The maximum absolute atomic E-state index is 12.7. The van der Waals surface area contributed by atoms with E-state index in [2.05, 4.69) is 25.5 Å². The number of nitrogens with one attached hydrogen (secondary N) is 1. The van der Waals surface area contributed by atoms with E-state index in [1.807, 2.05) is 37.3 Å². The van der Waals surface area contributed by atoms with Gasteiger partial charge >= 0.3 is 0 Å². The number of benzene rings is 1. The Morgan fingerprint density at radius 3 is 2.68 bits per heavy atom. The summed E-state index contributed by atoms with van der Waals surface area (Å²) in [5.41, 5.74) is 3.08. The van der Waals surface area contributed by atoms with Crippen LogP contribution in [0.4, 0.5) is 0 Å². The molecule has 4 aromatic rings. The largest absolute Gasteiger partial charge is 0.343 e. The number of pyridine rings is 1. The van der Waals surface area contributed by atoms with Crippen molar-refractivity contribution in [1.29, 1.82) is 0 Å². The normalized spacial score (nSPS) is 10.8. The van der Waals surface area contributed by atoms with Crippen LogP contribution in [0.25, 0.3) is 17.1 Å². The van der Waals surface area contributed by atoms with Gasteiger partial charge in [-0.05, 0) is 30.7 Å². The minimum absolute atomic E-state index is 0.136. The number of aromatic nitrogens is 5. The summed E-state index contributed by atoms with van der Waals surface area (Å²) in [5, 5.41) is 11.1. The molecule has 4 rings (SSSR count). The van der Waals surface area contributed by atoms with Crippen LogP contribution in [-0.2, 0) is 13.0 Å². The molecule has 0 aliphatic heterocycles. The lowest BCUT2D eigenvalue weighted by Crippen LogP contribution is -2.24. The highest BCUT2D eigenvalue weighted by Gasteiger charge is 2.18. The van der Waals surface area contributed by atoms with Gasteiger partial charge in [0.15, 0.2) is 0 Å². The first-order valence-corrected chi connectivity index (χ1v) is 8.89. The van der Waals surface area contributed by atoms with Crippen LogP contribution in [-0.4, -0.2) is 30.8 Å². The highest BCUT2D eigenvalue weighted by atomic mass is 16.5. The Kier molecular flexibility index (Phi) is 4.92. The third-order valence-corrected chi connectivity index (χ3v) is 4.26. The standard InChI is InChI=1S/C20H18N6O2/c1-2-17-16(12-23-26(17)15-6-4-3-5-7-15)20(27)22-13-18-24-19(25-28-18)14-8-10-21-11-9-14/h3-12H,2,13H2,1H3,(H,22,27). The molecule has 1 aromatic carbocycles. The van der Waals surface area contributed by atoms with Crippen molar-refractivity contribution in [3.8, 4) is 17.1 Å². The molecule has 0 saturated heterocycles. The van der Waals surface area contributed by atoms with Gasteiger partial charge in [-0.2, -0.15) is 10.1 Å². The molecule has 0 spiro atoms. The summed E-state index contributed by atoms with van der Waals surface area (Å²) < 4.78 is 7.00. The number of rotatable bonds is 6. The predicted molar refractivity (Wildman–Crippen MR) is 102 cm³/mol. The number of carbonyl (C=O) groups is 1. The summed E-state index contributed by atoms with van der Waals surface area (Å²) in [4.78, 5) is 20.9. The fraction of sp³-hybridized carbons (Fsp3) is 0.150. The predicted octanol–water partition coefficient (Wildman–Crippen LogP) is 2.81. The molecule has 0 aliphatic rings. The van der Waals surface area contributed by atoms with Crippen molar-refractivity contribution < 1.29 is 9.32 Å². The second-order valence-electron chi connectivity index (χ2n) is 6.04. The van der Waals surface area contributed by atoms with E-state index in [-0.39, 0.29) is 12.5 Å². The van der Waals surface area contributed by atoms with E-state index in [1.165, 1.54) is 0 Å². The van der Waals surface area contributed by atoms with Crippen LogP contribution in [0.2, 0.25) is 0 Å². The van der Waals surface area contributed by atoms with Crippen molar-refractivity contribution in [1.82, 2.24) is 30.2 Å². The average Bonchev–Trinajstić information content (AvgIpc) is 3.40. The maximum Gasteiger partial charge on any atom is 0.255 e. The first-order valence-electron chi connectivity index (χ1n) is 8.89. The third-order valence-electron chi connectivity index (χ3n) is 4.26. The second-order valence-corrected chi connectivity index (χ2v) is 6.04. The number of hydrogen-bond acceptors (Lipinski definition) is 6. The molecule has 8 heteroatoms. The van der Waals surface area contributed by atoms with E-state index >= 15 is 0 Å². The molecular weight excluding hydrogens is 356 g/mol. The Morgan fingerprint density at radius 1 is 1.14 bits per heavy atom. The molecule has 0 radical (unpaired) electrons. The maximum atomic E-state index is 12.7. The van der Waals surface area contributed by atoms with E-state index < -0.39 is 0 Å². The number of amides is 1. The van der Waals surface area contributed by atoms with Gasteiger partial charge in [-0.3, -0.25) is 9.78 Å². The Morgan fingerprint density at radius 2 is 1.93 bits per heavy atom. The number of nitrogens with zero attached hydrogens (tertiary/aromatic N) is 5. The Labute approximate surface area is 161 Å². The third kappa shape index (κ3) is 3.52. The second kappa shape index (κ2) is 7.83. The smallest absolute Gasteiger partial charge is 0.255 e. The summed E-state index contributed by atoms with van der Waals surface area (Å²) in [6.07, 6.45) is 5.56. The summed E-state index contributed by atoms with van der Waals surface area (Å²) in [6.45, 7) is 2.13. The SMILES string of the molecule is CCc1c(C(=O)NCc2nc(-c3ccncc3)no2)cnn1-c1ccccc1. The zero-order valence-corrected chi connectivity index (χ0v) is 15.2. The van der Waals surface area contributed by atoms with Crippen molar-refractivity contribution in [2.45, 2.75) is 19.9 Å². The Hall–Kier alpha value is -3.81. The molecule has 3 heterocycles. The molecule has 0 unspecified atom stereocenters. The molecule has 0 saturated carbocycles. The van der Waals surface area contributed by atoms with Crippen LogP contribution in [0.15, 0.2) is 65.6 Å². The van der Waals surface area contributed by atoms with E-state index in [4.69, 9.17) is 4.52 Å². The molecule has 0 aliphatic carbocycles. The van der Waals surface area contributed by atoms with Crippen LogP contribution in [0.3, 0.4) is 0 Å². The first-order chi connectivity index (χ1) is 13.8. The molecule has 140 valence electrons. The Balaban J connectivity index is 1.48. The molecule has 28 heavy (non-hydrogen) atoms. The summed E-state index contributed by atoms with van der Waals surface area (Å²) in [7, 11) is 0. The van der Waals surface area contributed by atoms with Crippen molar-refractivity contribution in [2.75, 3.05) is 0 Å². The summed E-state index contributed by atoms with van der Waals surface area (Å²) >= 11 is 0. The molecule has 0 bridgehead atoms. The van der Waals surface area contributed by atoms with Gasteiger partial charge in [-0.1, -0.05) is 30.3 Å². The highest BCUT2D eigenvalue weighted by molar-refractivity contribution is 5.95. The molecule has 1 amide bonds. The van der Waals surface area contributed by atoms with Crippen molar-refractivity contribution in [2.24, 2.45) is 0 Å². The van der Waals surface area contributed by atoms with Crippen LogP contribution in [0.1, 0.15) is 28.9 Å². The number of para-hydroxylation sites is 1. The minimum Gasteiger partial charge on any atom is -0.343 e. The van der Waals surface area contributed by atoms with E-state index in [0.29, 0.717) is 23.7 Å². The monoisotopic (exact) mass is 374 g/mol. The van der Waals surface area contributed by atoms with Crippen LogP contribution in [0.5, 0.6) is 0 Å². The molecule has 0 atom stereocenters. The van der Waals surface area contributed by atoms with E-state index in [9.17, 15) is 4.79 Å². The van der Waals surface area contributed by atoms with Crippen LogP contribution in [0, 0.1) is 0 Å². The van der Waals surface area contributed by atoms with Crippen molar-refractivity contribution in [3.05, 3.63) is 78.2 Å². The highest BCUT2D eigenvalue weighted by Crippen LogP contribution is 2.16. The van der Waals surface area contributed by atoms with Crippen molar-refractivity contribution >= 4 is 5.91 Å². The number of hydrogen-bond donors (Lipinski definition) is 1. The van der Waals surface area contributed by atoms with Gasteiger partial charge in [-0.25, -0.2) is 4.68 Å². The summed E-state index contributed by atoms with van der Waals surface area (Å²) in [5.74, 6) is 0.550. The number of carbonyl (C=O) groups excluding carboxylic acids is 1. The lowest BCUT2D eigenvalue weighted by atomic mass is 10.2. The molecule has 1 N–H and O–H groups in total. The molecule has 0 fully saturated rings. The molecule has 8 nitrogen and oxygen atoms in total. The van der Waals surface area contributed by atoms with Gasteiger partial charge in [0.1, 0.15) is 0 Å². The van der Waals surface area contributed by atoms with Gasteiger partial charge in [0.05, 0.1) is 29.7 Å². The van der Waals surface area contributed by atoms with Crippen LogP contribution < -0.4 is 5.32 Å².